The molecule has 1 atom stereocenters. The molecule has 2 nitrogen and oxygen atoms in total. The van der Waals surface area contributed by atoms with E-state index in [4.69, 9.17) is 4.74 Å². The average Bonchev–Trinajstić information content (AvgIpc) is 2.48. The van der Waals surface area contributed by atoms with Crippen molar-refractivity contribution in [1.82, 2.24) is 5.32 Å². The Hall–Kier alpha value is -1.80. The molecule has 0 saturated heterocycles. The van der Waals surface area contributed by atoms with Gasteiger partial charge in [0.1, 0.15) is 11.5 Å². The minimum absolute atomic E-state index is 0.275. The second kappa shape index (κ2) is 7.28. The van der Waals surface area contributed by atoms with Gasteiger partial charge in [-0.05, 0) is 37.1 Å². The molecule has 21 heavy (non-hydrogen) atoms. The lowest BCUT2D eigenvalue weighted by Crippen LogP contribution is -2.18. The monoisotopic (exact) mass is 283 g/mol. The molecule has 0 bridgehead atoms. The molecule has 2 aromatic carbocycles. The van der Waals surface area contributed by atoms with Crippen LogP contribution in [0.5, 0.6) is 11.5 Å². The highest BCUT2D eigenvalue weighted by atomic mass is 16.5. The van der Waals surface area contributed by atoms with Gasteiger partial charge in [-0.25, -0.2) is 0 Å². The van der Waals surface area contributed by atoms with E-state index in [-0.39, 0.29) is 6.04 Å². The van der Waals surface area contributed by atoms with Gasteiger partial charge < -0.3 is 10.1 Å². The van der Waals surface area contributed by atoms with E-state index >= 15 is 0 Å². The number of ether oxygens (including phenoxy) is 1. The van der Waals surface area contributed by atoms with Crippen molar-refractivity contribution in [2.24, 2.45) is 0 Å². The number of hydrogen-bond acceptors (Lipinski definition) is 2. The minimum Gasteiger partial charge on any atom is -0.457 e. The molecule has 0 spiro atoms. The Kier molecular flexibility index (Phi) is 5.40. The maximum absolute atomic E-state index is 6.23. The van der Waals surface area contributed by atoms with Gasteiger partial charge in [-0.15, -0.1) is 0 Å². The topological polar surface area (TPSA) is 21.3 Å². The van der Waals surface area contributed by atoms with Crippen molar-refractivity contribution in [3.05, 3.63) is 59.7 Å². The molecule has 0 heterocycles. The largest absolute Gasteiger partial charge is 0.457 e. The fraction of sp³-hybridized carbons (Fsp3) is 0.368. The lowest BCUT2D eigenvalue weighted by atomic mass is 10.0. The fourth-order valence-corrected chi connectivity index (χ4v) is 2.52. The van der Waals surface area contributed by atoms with Crippen LogP contribution in [0.3, 0.4) is 0 Å². The third-order valence-corrected chi connectivity index (χ3v) is 3.66. The maximum atomic E-state index is 6.23. The Morgan fingerprint density at radius 1 is 0.857 bits per heavy atom. The zero-order chi connectivity index (χ0) is 15.2. The molecule has 2 rings (SSSR count). The normalized spacial score (nSPS) is 12.4. The summed E-state index contributed by atoms with van der Waals surface area (Å²) in [6.45, 7) is 9.61. The highest BCUT2D eigenvalue weighted by Crippen LogP contribution is 2.33. The van der Waals surface area contributed by atoms with Gasteiger partial charge in [0.15, 0.2) is 0 Å². The molecule has 112 valence electrons. The molecular weight excluding hydrogens is 258 g/mol. The summed E-state index contributed by atoms with van der Waals surface area (Å²) in [5.41, 5.74) is 2.43. The highest BCUT2D eigenvalue weighted by molar-refractivity contribution is 5.43. The maximum Gasteiger partial charge on any atom is 0.132 e. The molecule has 2 heteroatoms. The third kappa shape index (κ3) is 3.85. The average molecular weight is 283 g/mol. The van der Waals surface area contributed by atoms with Crippen LogP contribution in [-0.2, 0) is 0 Å². The quantitative estimate of drug-likeness (QED) is 0.779. The van der Waals surface area contributed by atoms with Crippen molar-refractivity contribution < 1.29 is 4.74 Å². The van der Waals surface area contributed by atoms with Crippen LogP contribution in [0.1, 0.15) is 50.8 Å². The van der Waals surface area contributed by atoms with Crippen LogP contribution < -0.4 is 10.1 Å². The SMILES string of the molecule is CCNC(C)c1ccccc1Oc1ccccc1C(C)C. The van der Waals surface area contributed by atoms with E-state index in [0.29, 0.717) is 5.92 Å². The Bertz CT molecular complexity index is 577. The van der Waals surface area contributed by atoms with Crippen LogP contribution in [-0.4, -0.2) is 6.54 Å². The first-order valence-corrected chi connectivity index (χ1v) is 7.72. The van der Waals surface area contributed by atoms with Gasteiger partial charge in [0.05, 0.1) is 0 Å². The Labute approximate surface area is 128 Å². The number of hydrogen-bond donors (Lipinski definition) is 1. The van der Waals surface area contributed by atoms with Crippen LogP contribution in [0, 0.1) is 0 Å². The van der Waals surface area contributed by atoms with Gasteiger partial charge in [0.25, 0.3) is 0 Å². The Morgan fingerprint density at radius 2 is 1.38 bits per heavy atom. The van der Waals surface area contributed by atoms with Crippen LogP contribution >= 0.6 is 0 Å². The second-order valence-corrected chi connectivity index (χ2v) is 5.61. The van der Waals surface area contributed by atoms with E-state index in [1.807, 2.05) is 24.3 Å². The van der Waals surface area contributed by atoms with Crippen molar-refractivity contribution >= 4 is 0 Å². The van der Waals surface area contributed by atoms with Gasteiger partial charge in [0, 0.05) is 11.6 Å². The first-order valence-electron chi connectivity index (χ1n) is 7.72. The molecule has 1 unspecified atom stereocenters. The van der Waals surface area contributed by atoms with Gasteiger partial charge in [-0.3, -0.25) is 0 Å². The molecule has 0 radical (unpaired) electrons. The number of benzene rings is 2. The molecule has 0 amide bonds. The van der Waals surface area contributed by atoms with E-state index in [9.17, 15) is 0 Å². The summed E-state index contributed by atoms with van der Waals surface area (Å²) in [6, 6.07) is 16.8. The summed E-state index contributed by atoms with van der Waals surface area (Å²) in [5.74, 6) is 2.32. The molecule has 0 aromatic heterocycles. The summed E-state index contributed by atoms with van der Waals surface area (Å²) in [7, 11) is 0. The number of nitrogens with one attached hydrogen (secondary N) is 1. The molecule has 0 saturated carbocycles. The van der Waals surface area contributed by atoms with Crippen molar-refractivity contribution in [1.29, 1.82) is 0 Å². The second-order valence-electron chi connectivity index (χ2n) is 5.61. The number of para-hydroxylation sites is 2. The molecule has 0 aliphatic rings. The van der Waals surface area contributed by atoms with Crippen molar-refractivity contribution in [3.8, 4) is 11.5 Å². The predicted molar refractivity (Wildman–Crippen MR) is 89.1 cm³/mol. The van der Waals surface area contributed by atoms with Crippen molar-refractivity contribution in [2.75, 3.05) is 6.54 Å². The zero-order valence-electron chi connectivity index (χ0n) is 13.4. The summed E-state index contributed by atoms with van der Waals surface area (Å²) < 4.78 is 6.23. The number of rotatable bonds is 6. The zero-order valence-corrected chi connectivity index (χ0v) is 13.4. The minimum atomic E-state index is 0.275. The van der Waals surface area contributed by atoms with E-state index in [2.05, 4.69) is 57.3 Å². The van der Waals surface area contributed by atoms with E-state index in [1.165, 1.54) is 11.1 Å². The molecule has 0 aliphatic heterocycles. The summed E-state index contributed by atoms with van der Waals surface area (Å²) in [5, 5.41) is 3.45. The van der Waals surface area contributed by atoms with Gasteiger partial charge in [-0.2, -0.15) is 0 Å². The standard InChI is InChI=1S/C19H25NO/c1-5-20-15(4)17-11-7-9-13-19(17)21-18-12-8-6-10-16(18)14(2)3/h6-15,20H,5H2,1-4H3. The van der Waals surface area contributed by atoms with Crippen LogP contribution in [0.2, 0.25) is 0 Å². The predicted octanol–water partition coefficient (Wildman–Crippen LogP) is 5.27. The fourth-order valence-electron chi connectivity index (χ4n) is 2.52. The summed E-state index contributed by atoms with van der Waals surface area (Å²) in [6.07, 6.45) is 0. The van der Waals surface area contributed by atoms with Crippen molar-refractivity contribution in [2.45, 2.75) is 39.7 Å². The Morgan fingerprint density at radius 3 is 1.95 bits per heavy atom. The summed E-state index contributed by atoms with van der Waals surface area (Å²) in [4.78, 5) is 0. The van der Waals surface area contributed by atoms with E-state index in [0.717, 1.165) is 18.0 Å². The third-order valence-electron chi connectivity index (χ3n) is 3.66. The lowest BCUT2D eigenvalue weighted by Gasteiger charge is -2.19. The molecule has 0 fully saturated rings. The van der Waals surface area contributed by atoms with Crippen LogP contribution in [0.4, 0.5) is 0 Å². The molecule has 1 N–H and O–H groups in total. The molecular formula is C19H25NO. The van der Waals surface area contributed by atoms with Crippen LogP contribution in [0.25, 0.3) is 0 Å². The first-order chi connectivity index (χ1) is 10.1. The first kappa shape index (κ1) is 15.6. The van der Waals surface area contributed by atoms with E-state index in [1.54, 1.807) is 0 Å². The van der Waals surface area contributed by atoms with Gasteiger partial charge in [0.2, 0.25) is 0 Å². The van der Waals surface area contributed by atoms with Gasteiger partial charge >= 0.3 is 0 Å². The van der Waals surface area contributed by atoms with Crippen molar-refractivity contribution in [3.63, 3.8) is 0 Å². The van der Waals surface area contributed by atoms with Crippen LogP contribution in [0.15, 0.2) is 48.5 Å². The van der Waals surface area contributed by atoms with Gasteiger partial charge in [-0.1, -0.05) is 57.2 Å². The smallest absolute Gasteiger partial charge is 0.132 e. The molecule has 2 aromatic rings. The lowest BCUT2D eigenvalue weighted by molar-refractivity contribution is 0.455. The summed E-state index contributed by atoms with van der Waals surface area (Å²) >= 11 is 0. The Balaban J connectivity index is 2.32. The highest BCUT2D eigenvalue weighted by Gasteiger charge is 2.13. The van der Waals surface area contributed by atoms with E-state index < -0.39 is 0 Å². The molecule has 0 aliphatic carbocycles.